The van der Waals surface area contributed by atoms with E-state index in [2.05, 4.69) is 0 Å². The standard InChI is InChI=1S/C15H22O8/c1-8(16)20-7-12-5-13(21-9(2)17)6-14(22-10(3)18)15(12)23-11(4)19/h12-15H,5-7H2,1-4H3/t12-,13+,14+,15-/m1/s1. The molecule has 4 atom stereocenters. The molecule has 8 nitrogen and oxygen atoms in total. The summed E-state index contributed by atoms with van der Waals surface area (Å²) in [5, 5.41) is 0. The van der Waals surface area contributed by atoms with Gasteiger partial charge in [0.15, 0.2) is 0 Å². The van der Waals surface area contributed by atoms with Gasteiger partial charge in [0.1, 0.15) is 18.3 Å². The van der Waals surface area contributed by atoms with Crippen molar-refractivity contribution < 1.29 is 38.1 Å². The van der Waals surface area contributed by atoms with Crippen LogP contribution < -0.4 is 0 Å². The molecule has 8 heteroatoms. The monoisotopic (exact) mass is 330 g/mol. The highest BCUT2D eigenvalue weighted by atomic mass is 16.6. The van der Waals surface area contributed by atoms with Crippen molar-refractivity contribution in [3.8, 4) is 0 Å². The molecule has 23 heavy (non-hydrogen) atoms. The highest BCUT2D eigenvalue weighted by molar-refractivity contribution is 5.68. The fourth-order valence-electron chi connectivity index (χ4n) is 2.68. The van der Waals surface area contributed by atoms with Gasteiger partial charge < -0.3 is 18.9 Å². The van der Waals surface area contributed by atoms with Crippen LogP contribution in [0.4, 0.5) is 0 Å². The lowest BCUT2D eigenvalue weighted by molar-refractivity contribution is -0.189. The Bertz CT molecular complexity index is 472. The van der Waals surface area contributed by atoms with Crippen LogP contribution >= 0.6 is 0 Å². The molecule has 0 aliphatic heterocycles. The largest absolute Gasteiger partial charge is 0.465 e. The lowest BCUT2D eigenvalue weighted by Gasteiger charge is -2.39. The molecular formula is C15H22O8. The lowest BCUT2D eigenvalue weighted by Crippen LogP contribution is -2.49. The first-order chi connectivity index (χ1) is 10.7. The van der Waals surface area contributed by atoms with Gasteiger partial charge in [-0.15, -0.1) is 0 Å². The van der Waals surface area contributed by atoms with Crippen molar-refractivity contribution in [2.75, 3.05) is 6.61 Å². The molecule has 1 fully saturated rings. The predicted octanol–water partition coefficient (Wildman–Crippen LogP) is 0.755. The van der Waals surface area contributed by atoms with Gasteiger partial charge in [0.25, 0.3) is 0 Å². The van der Waals surface area contributed by atoms with E-state index in [0.29, 0.717) is 6.42 Å². The molecule has 0 amide bonds. The zero-order valence-electron chi connectivity index (χ0n) is 13.7. The Balaban J connectivity index is 2.94. The second-order valence-corrected chi connectivity index (χ2v) is 5.49. The second-order valence-electron chi connectivity index (χ2n) is 5.49. The quantitative estimate of drug-likeness (QED) is 0.537. The van der Waals surface area contributed by atoms with E-state index in [1.54, 1.807) is 0 Å². The summed E-state index contributed by atoms with van der Waals surface area (Å²) < 4.78 is 20.6. The summed E-state index contributed by atoms with van der Waals surface area (Å²) in [5.74, 6) is -2.46. The average Bonchev–Trinajstić information content (AvgIpc) is 2.37. The fourth-order valence-corrected chi connectivity index (χ4v) is 2.68. The zero-order chi connectivity index (χ0) is 17.6. The van der Waals surface area contributed by atoms with E-state index in [0.717, 1.165) is 0 Å². The zero-order valence-corrected chi connectivity index (χ0v) is 13.7. The Morgan fingerprint density at radius 1 is 0.783 bits per heavy atom. The van der Waals surface area contributed by atoms with Crippen molar-refractivity contribution in [3.05, 3.63) is 0 Å². The van der Waals surface area contributed by atoms with Crippen LogP contribution in [0, 0.1) is 5.92 Å². The molecule has 0 N–H and O–H groups in total. The van der Waals surface area contributed by atoms with Crippen LogP contribution in [0.1, 0.15) is 40.5 Å². The van der Waals surface area contributed by atoms with Gasteiger partial charge in [0.2, 0.25) is 0 Å². The van der Waals surface area contributed by atoms with Crippen molar-refractivity contribution >= 4 is 23.9 Å². The molecule has 0 bridgehead atoms. The van der Waals surface area contributed by atoms with Crippen LogP contribution in [0.5, 0.6) is 0 Å². The molecule has 0 aromatic rings. The Hall–Kier alpha value is -2.12. The Morgan fingerprint density at radius 2 is 1.35 bits per heavy atom. The first-order valence-electron chi connectivity index (χ1n) is 7.34. The smallest absolute Gasteiger partial charge is 0.303 e. The summed E-state index contributed by atoms with van der Waals surface area (Å²) in [5.41, 5.74) is 0. The van der Waals surface area contributed by atoms with Crippen molar-refractivity contribution in [2.24, 2.45) is 5.92 Å². The van der Waals surface area contributed by atoms with Gasteiger partial charge in [0, 0.05) is 40.0 Å². The van der Waals surface area contributed by atoms with E-state index < -0.39 is 48.1 Å². The van der Waals surface area contributed by atoms with E-state index >= 15 is 0 Å². The van der Waals surface area contributed by atoms with Crippen LogP contribution in [0.15, 0.2) is 0 Å². The maximum absolute atomic E-state index is 11.3. The fraction of sp³-hybridized carbons (Fsp3) is 0.733. The summed E-state index contributed by atoms with van der Waals surface area (Å²) in [7, 11) is 0. The van der Waals surface area contributed by atoms with Crippen LogP contribution in [0.25, 0.3) is 0 Å². The topological polar surface area (TPSA) is 105 Å². The first-order valence-corrected chi connectivity index (χ1v) is 7.34. The van der Waals surface area contributed by atoms with E-state index in [4.69, 9.17) is 18.9 Å². The molecule has 1 aliphatic rings. The van der Waals surface area contributed by atoms with Gasteiger partial charge in [-0.05, 0) is 6.42 Å². The third-order valence-corrected chi connectivity index (χ3v) is 3.34. The molecule has 1 rings (SSSR count). The highest BCUT2D eigenvalue weighted by Gasteiger charge is 2.43. The molecule has 0 heterocycles. The SMILES string of the molecule is CC(=O)OC[C@H]1C[C@H](OC(C)=O)C[C@H](OC(C)=O)[C@@H]1OC(C)=O. The minimum absolute atomic E-state index is 0.0250. The molecule has 0 unspecified atom stereocenters. The molecule has 1 aliphatic carbocycles. The first kappa shape index (κ1) is 18.9. The molecule has 1 saturated carbocycles. The van der Waals surface area contributed by atoms with Crippen molar-refractivity contribution in [1.82, 2.24) is 0 Å². The van der Waals surface area contributed by atoms with Crippen molar-refractivity contribution in [2.45, 2.75) is 58.8 Å². The molecular weight excluding hydrogens is 308 g/mol. The van der Waals surface area contributed by atoms with E-state index in [-0.39, 0.29) is 13.0 Å². The minimum Gasteiger partial charge on any atom is -0.465 e. The average molecular weight is 330 g/mol. The lowest BCUT2D eigenvalue weighted by atomic mass is 9.82. The molecule has 0 saturated heterocycles. The number of carbonyl (C=O) groups is 4. The molecule has 0 spiro atoms. The maximum Gasteiger partial charge on any atom is 0.303 e. The Morgan fingerprint density at radius 3 is 1.83 bits per heavy atom. The van der Waals surface area contributed by atoms with E-state index in [9.17, 15) is 19.2 Å². The summed E-state index contributed by atoms with van der Waals surface area (Å²) in [6.07, 6.45) is -1.49. The predicted molar refractivity (Wildman–Crippen MR) is 76.0 cm³/mol. The summed E-state index contributed by atoms with van der Waals surface area (Å²) >= 11 is 0. The molecule has 0 radical (unpaired) electrons. The number of rotatable bonds is 5. The van der Waals surface area contributed by atoms with Gasteiger partial charge in [-0.1, -0.05) is 0 Å². The number of hydrogen-bond acceptors (Lipinski definition) is 8. The third kappa shape index (κ3) is 6.66. The van der Waals surface area contributed by atoms with Gasteiger partial charge in [-0.2, -0.15) is 0 Å². The van der Waals surface area contributed by atoms with Gasteiger partial charge in [0.05, 0.1) is 6.61 Å². The third-order valence-electron chi connectivity index (χ3n) is 3.34. The number of ether oxygens (including phenoxy) is 4. The molecule has 130 valence electrons. The van der Waals surface area contributed by atoms with E-state index in [1.165, 1.54) is 27.7 Å². The maximum atomic E-state index is 11.3. The van der Waals surface area contributed by atoms with E-state index in [1.807, 2.05) is 0 Å². The molecule has 0 aromatic carbocycles. The summed E-state index contributed by atoms with van der Waals surface area (Å²) in [6.45, 7) is 4.99. The Labute approximate surface area is 134 Å². The molecule has 0 aromatic heterocycles. The van der Waals surface area contributed by atoms with Crippen molar-refractivity contribution in [3.63, 3.8) is 0 Å². The summed E-state index contributed by atoms with van der Waals surface area (Å²) in [6, 6.07) is 0. The second kappa shape index (κ2) is 8.50. The number of esters is 4. The van der Waals surface area contributed by atoms with Crippen LogP contribution in [-0.2, 0) is 38.1 Å². The van der Waals surface area contributed by atoms with Crippen LogP contribution in [-0.4, -0.2) is 48.8 Å². The summed E-state index contributed by atoms with van der Waals surface area (Å²) in [4.78, 5) is 44.8. The van der Waals surface area contributed by atoms with Crippen molar-refractivity contribution in [1.29, 1.82) is 0 Å². The highest BCUT2D eigenvalue weighted by Crippen LogP contribution is 2.32. The van der Waals surface area contributed by atoms with Gasteiger partial charge >= 0.3 is 23.9 Å². The minimum atomic E-state index is -0.768. The van der Waals surface area contributed by atoms with Gasteiger partial charge in [-0.25, -0.2) is 0 Å². The van der Waals surface area contributed by atoms with Gasteiger partial charge in [-0.3, -0.25) is 19.2 Å². The van der Waals surface area contributed by atoms with Crippen LogP contribution in [0.3, 0.4) is 0 Å². The van der Waals surface area contributed by atoms with Crippen LogP contribution in [0.2, 0.25) is 0 Å². The number of hydrogen-bond donors (Lipinski definition) is 0. The Kier molecular flexibility index (Phi) is 6.99. The normalized spacial score (nSPS) is 26.8. The number of carbonyl (C=O) groups excluding carboxylic acids is 4.